The number of benzene rings is 1. The Morgan fingerprint density at radius 1 is 1.36 bits per heavy atom. The summed E-state index contributed by atoms with van der Waals surface area (Å²) in [6.45, 7) is 7.64. The van der Waals surface area contributed by atoms with Gasteiger partial charge in [-0.25, -0.2) is 4.98 Å². The highest BCUT2D eigenvalue weighted by Crippen LogP contribution is 2.25. The second-order valence-corrected chi connectivity index (χ2v) is 6.68. The van der Waals surface area contributed by atoms with Crippen molar-refractivity contribution < 1.29 is 9.53 Å². The van der Waals surface area contributed by atoms with E-state index < -0.39 is 0 Å². The first-order valence-electron chi connectivity index (χ1n) is 6.97. The van der Waals surface area contributed by atoms with Crippen molar-refractivity contribution in [3.8, 4) is 5.75 Å². The lowest BCUT2D eigenvalue weighted by atomic mass is 10.1. The third-order valence-electron chi connectivity index (χ3n) is 3.24. The monoisotopic (exact) mass is 338 g/mol. The minimum atomic E-state index is -0.177. The number of nitrogens with zero attached hydrogens (tertiary/aromatic N) is 1. The molecule has 2 aromatic rings. The van der Waals surface area contributed by atoms with Crippen molar-refractivity contribution in [1.29, 1.82) is 0 Å². The van der Waals surface area contributed by atoms with E-state index in [9.17, 15) is 4.79 Å². The van der Waals surface area contributed by atoms with E-state index in [1.807, 2.05) is 45.2 Å². The molecule has 118 valence electrons. The van der Waals surface area contributed by atoms with Gasteiger partial charge in [-0.15, -0.1) is 11.3 Å². The molecule has 1 N–H and O–H groups in total. The Bertz CT molecular complexity index is 662. The zero-order valence-corrected chi connectivity index (χ0v) is 14.6. The summed E-state index contributed by atoms with van der Waals surface area (Å²) in [5.41, 5.74) is 2.74. The molecular formula is C16H19ClN2O2S. The Kier molecular flexibility index (Phi) is 5.42. The van der Waals surface area contributed by atoms with Crippen molar-refractivity contribution in [3.63, 3.8) is 0 Å². The fourth-order valence-corrected chi connectivity index (χ4v) is 2.89. The van der Waals surface area contributed by atoms with E-state index in [2.05, 4.69) is 10.3 Å². The molecule has 6 heteroatoms. The Morgan fingerprint density at radius 3 is 2.55 bits per heavy atom. The molecule has 2 rings (SSSR count). The van der Waals surface area contributed by atoms with Crippen LogP contribution in [0.3, 0.4) is 0 Å². The van der Waals surface area contributed by atoms with Gasteiger partial charge in [0.1, 0.15) is 5.75 Å². The lowest BCUT2D eigenvalue weighted by molar-refractivity contribution is -0.123. The summed E-state index contributed by atoms with van der Waals surface area (Å²) in [6.07, 6.45) is 0. The maximum absolute atomic E-state index is 12.0. The summed E-state index contributed by atoms with van der Waals surface area (Å²) >= 11 is 7.68. The molecule has 1 heterocycles. The molecule has 0 spiro atoms. The lowest BCUT2D eigenvalue weighted by Crippen LogP contribution is -2.31. The number of aromatic nitrogens is 1. The van der Waals surface area contributed by atoms with Crippen LogP contribution in [0.25, 0.3) is 0 Å². The Labute approximate surface area is 139 Å². The molecule has 0 aliphatic heterocycles. The van der Waals surface area contributed by atoms with Gasteiger partial charge in [-0.3, -0.25) is 4.79 Å². The molecule has 4 nitrogen and oxygen atoms in total. The molecule has 1 aromatic heterocycles. The second kappa shape index (κ2) is 7.11. The molecule has 0 saturated carbocycles. The highest BCUT2D eigenvalue weighted by molar-refractivity contribution is 7.09. The van der Waals surface area contributed by atoms with Gasteiger partial charge >= 0.3 is 0 Å². The summed E-state index contributed by atoms with van der Waals surface area (Å²) < 4.78 is 5.54. The molecule has 0 bridgehead atoms. The minimum absolute atomic E-state index is 0.0338. The van der Waals surface area contributed by atoms with E-state index in [1.165, 1.54) is 0 Å². The average molecular weight is 339 g/mol. The Hall–Kier alpha value is -1.59. The van der Waals surface area contributed by atoms with E-state index in [4.69, 9.17) is 16.3 Å². The summed E-state index contributed by atoms with van der Waals surface area (Å²) in [5, 5.41) is 6.54. The fraction of sp³-hybridized carbons (Fsp3) is 0.375. The third kappa shape index (κ3) is 4.21. The number of carbonyl (C=O) groups excluding carboxylic acids is 1. The largest absolute Gasteiger partial charge is 0.484 e. The smallest absolute Gasteiger partial charge is 0.258 e. The molecule has 1 unspecified atom stereocenters. The molecule has 0 aliphatic carbocycles. The molecule has 1 amide bonds. The van der Waals surface area contributed by atoms with Crippen molar-refractivity contribution in [2.45, 2.75) is 33.7 Å². The van der Waals surface area contributed by atoms with Gasteiger partial charge in [0, 0.05) is 10.4 Å². The molecule has 0 fully saturated rings. The SMILES string of the molecule is Cc1nc(C(C)NC(=O)COc2cc(C)c(Cl)c(C)c2)cs1. The summed E-state index contributed by atoms with van der Waals surface area (Å²) in [5.74, 6) is 0.468. The van der Waals surface area contributed by atoms with E-state index in [0.29, 0.717) is 5.75 Å². The molecule has 0 aliphatic rings. The number of hydrogen-bond donors (Lipinski definition) is 1. The highest BCUT2D eigenvalue weighted by atomic mass is 35.5. The summed E-state index contributed by atoms with van der Waals surface area (Å²) in [4.78, 5) is 16.3. The van der Waals surface area contributed by atoms with Crippen LogP contribution in [0.5, 0.6) is 5.75 Å². The second-order valence-electron chi connectivity index (χ2n) is 5.24. The van der Waals surface area contributed by atoms with Crippen LogP contribution in [0.2, 0.25) is 5.02 Å². The predicted octanol–water partition coefficient (Wildman–Crippen LogP) is 3.98. The normalized spacial score (nSPS) is 12.0. The Balaban J connectivity index is 1.90. The number of nitrogens with one attached hydrogen (secondary N) is 1. The van der Waals surface area contributed by atoms with Crippen LogP contribution < -0.4 is 10.1 Å². The number of aryl methyl sites for hydroxylation is 3. The first kappa shape index (κ1) is 16.8. The lowest BCUT2D eigenvalue weighted by Gasteiger charge is -2.13. The van der Waals surface area contributed by atoms with Gasteiger partial charge in [-0.05, 0) is 51.0 Å². The van der Waals surface area contributed by atoms with Gasteiger partial charge in [-0.1, -0.05) is 11.6 Å². The van der Waals surface area contributed by atoms with E-state index in [-0.39, 0.29) is 18.6 Å². The fourth-order valence-electron chi connectivity index (χ4n) is 2.07. The third-order valence-corrected chi connectivity index (χ3v) is 4.63. The number of halogens is 1. The van der Waals surface area contributed by atoms with E-state index in [1.54, 1.807) is 11.3 Å². The van der Waals surface area contributed by atoms with Crippen molar-refractivity contribution >= 4 is 28.8 Å². The van der Waals surface area contributed by atoms with Gasteiger partial charge in [0.25, 0.3) is 5.91 Å². The number of rotatable bonds is 5. The van der Waals surface area contributed by atoms with Crippen LogP contribution in [0.4, 0.5) is 0 Å². The maximum Gasteiger partial charge on any atom is 0.258 e. The zero-order valence-electron chi connectivity index (χ0n) is 13.1. The van der Waals surface area contributed by atoms with Gasteiger partial charge in [0.15, 0.2) is 6.61 Å². The summed E-state index contributed by atoms with van der Waals surface area (Å²) in [7, 11) is 0. The maximum atomic E-state index is 12.0. The molecular weight excluding hydrogens is 320 g/mol. The van der Waals surface area contributed by atoms with Crippen LogP contribution in [0.1, 0.15) is 34.8 Å². The van der Waals surface area contributed by atoms with Crippen LogP contribution >= 0.6 is 22.9 Å². The summed E-state index contributed by atoms with van der Waals surface area (Å²) in [6, 6.07) is 3.53. The molecule has 0 radical (unpaired) electrons. The van der Waals surface area contributed by atoms with Crippen LogP contribution in [-0.2, 0) is 4.79 Å². The molecule has 22 heavy (non-hydrogen) atoms. The van der Waals surface area contributed by atoms with Crippen molar-refractivity contribution in [2.24, 2.45) is 0 Å². The topological polar surface area (TPSA) is 51.2 Å². The quantitative estimate of drug-likeness (QED) is 0.897. The average Bonchev–Trinajstić information content (AvgIpc) is 2.89. The first-order valence-corrected chi connectivity index (χ1v) is 8.23. The number of hydrogen-bond acceptors (Lipinski definition) is 4. The van der Waals surface area contributed by atoms with E-state index >= 15 is 0 Å². The van der Waals surface area contributed by atoms with Gasteiger partial charge < -0.3 is 10.1 Å². The van der Waals surface area contributed by atoms with Gasteiger partial charge in [-0.2, -0.15) is 0 Å². The standard InChI is InChI=1S/C16H19ClN2O2S/c1-9-5-13(6-10(2)16(9)17)21-7-15(20)18-11(3)14-8-22-12(4)19-14/h5-6,8,11H,7H2,1-4H3,(H,18,20). The van der Waals surface area contributed by atoms with Crippen LogP contribution in [0, 0.1) is 20.8 Å². The predicted molar refractivity (Wildman–Crippen MR) is 89.8 cm³/mol. The van der Waals surface area contributed by atoms with Gasteiger partial charge in [0.05, 0.1) is 16.7 Å². The van der Waals surface area contributed by atoms with Crippen molar-refractivity contribution in [1.82, 2.24) is 10.3 Å². The van der Waals surface area contributed by atoms with Crippen LogP contribution in [0.15, 0.2) is 17.5 Å². The highest BCUT2D eigenvalue weighted by Gasteiger charge is 2.13. The number of ether oxygens (including phenoxy) is 1. The van der Waals surface area contributed by atoms with Crippen LogP contribution in [-0.4, -0.2) is 17.5 Å². The zero-order chi connectivity index (χ0) is 16.3. The van der Waals surface area contributed by atoms with Gasteiger partial charge in [0.2, 0.25) is 0 Å². The minimum Gasteiger partial charge on any atom is -0.484 e. The number of amides is 1. The van der Waals surface area contributed by atoms with E-state index in [0.717, 1.165) is 26.9 Å². The molecule has 1 atom stereocenters. The number of thiazole rings is 1. The van der Waals surface area contributed by atoms with Crippen molar-refractivity contribution in [3.05, 3.63) is 44.4 Å². The molecule has 1 aromatic carbocycles. The Morgan fingerprint density at radius 2 is 2.00 bits per heavy atom. The molecule has 0 saturated heterocycles. The first-order chi connectivity index (χ1) is 10.4. The van der Waals surface area contributed by atoms with Crippen molar-refractivity contribution in [2.75, 3.05) is 6.61 Å². The number of carbonyl (C=O) groups is 1.